The van der Waals surface area contributed by atoms with Crippen molar-refractivity contribution < 1.29 is 9.90 Å². The molecule has 25 heavy (non-hydrogen) atoms. The first-order valence-corrected chi connectivity index (χ1v) is 9.61. The van der Waals surface area contributed by atoms with Crippen molar-refractivity contribution in [1.29, 1.82) is 0 Å². The molecule has 3 nitrogen and oxygen atoms in total. The Labute approximate surface area is 150 Å². The van der Waals surface area contributed by atoms with Gasteiger partial charge in [-0.3, -0.25) is 9.69 Å². The molecule has 4 rings (SSSR count). The normalized spacial score (nSPS) is 29.7. The third kappa shape index (κ3) is 3.43. The molecule has 2 aliphatic carbocycles. The summed E-state index contributed by atoms with van der Waals surface area (Å²) in [6.45, 7) is 2.02. The minimum Gasteiger partial charge on any atom is -0.481 e. The third-order valence-corrected chi connectivity index (χ3v) is 6.29. The summed E-state index contributed by atoms with van der Waals surface area (Å²) in [5.74, 6) is 0.829. The fourth-order valence-corrected chi connectivity index (χ4v) is 5.00. The van der Waals surface area contributed by atoms with Crippen LogP contribution >= 0.6 is 0 Å². The van der Waals surface area contributed by atoms with E-state index in [0.717, 1.165) is 32.4 Å². The summed E-state index contributed by atoms with van der Waals surface area (Å²) < 4.78 is 0. The average Bonchev–Trinajstić information content (AvgIpc) is 2.79. The summed E-state index contributed by atoms with van der Waals surface area (Å²) in [6, 6.07) is 9.37. The molecule has 1 saturated heterocycles. The second-order valence-corrected chi connectivity index (χ2v) is 7.77. The molecular weight excluding hydrogens is 310 g/mol. The highest BCUT2D eigenvalue weighted by atomic mass is 16.4. The van der Waals surface area contributed by atoms with Crippen LogP contribution in [0.1, 0.15) is 42.9 Å². The lowest BCUT2D eigenvalue weighted by Crippen LogP contribution is -2.41. The molecule has 3 heteroatoms. The zero-order valence-electron chi connectivity index (χ0n) is 14.7. The van der Waals surface area contributed by atoms with E-state index >= 15 is 0 Å². The van der Waals surface area contributed by atoms with Crippen molar-refractivity contribution in [1.82, 2.24) is 4.90 Å². The number of fused-ring (bicyclic) bond motifs is 2. The van der Waals surface area contributed by atoms with Gasteiger partial charge in [-0.2, -0.15) is 0 Å². The molecule has 0 amide bonds. The lowest BCUT2D eigenvalue weighted by molar-refractivity contribution is -0.138. The lowest BCUT2D eigenvalue weighted by atomic mass is 9.78. The molecule has 132 valence electrons. The first kappa shape index (κ1) is 16.6. The van der Waals surface area contributed by atoms with Crippen LogP contribution in [0.25, 0.3) is 0 Å². The highest BCUT2D eigenvalue weighted by Crippen LogP contribution is 2.44. The molecule has 3 unspecified atom stereocenters. The van der Waals surface area contributed by atoms with E-state index in [4.69, 9.17) is 5.11 Å². The predicted octanol–water partition coefficient (Wildman–Crippen LogP) is 4.22. The summed E-state index contributed by atoms with van der Waals surface area (Å²) in [5, 5.41) is 9.07. The van der Waals surface area contributed by atoms with Crippen molar-refractivity contribution >= 4 is 5.97 Å². The van der Waals surface area contributed by atoms with Crippen LogP contribution in [0.3, 0.4) is 0 Å². The number of aliphatic carboxylic acids is 1. The summed E-state index contributed by atoms with van der Waals surface area (Å²) >= 11 is 0. The number of allylic oxidation sites excluding steroid dienone is 3. The van der Waals surface area contributed by atoms with Gasteiger partial charge < -0.3 is 5.11 Å². The summed E-state index contributed by atoms with van der Waals surface area (Å²) in [4.78, 5) is 13.6. The third-order valence-electron chi connectivity index (χ3n) is 6.29. The second-order valence-electron chi connectivity index (χ2n) is 7.77. The van der Waals surface area contributed by atoms with Crippen molar-refractivity contribution in [3.63, 3.8) is 0 Å². The van der Waals surface area contributed by atoms with Gasteiger partial charge in [0.1, 0.15) is 0 Å². The molecule has 3 aliphatic rings. The van der Waals surface area contributed by atoms with E-state index in [1.54, 1.807) is 0 Å². The molecule has 1 aromatic carbocycles. The molecule has 1 fully saturated rings. The van der Waals surface area contributed by atoms with Gasteiger partial charge in [0, 0.05) is 18.4 Å². The summed E-state index contributed by atoms with van der Waals surface area (Å²) in [6.07, 6.45) is 13.9. The quantitative estimate of drug-likeness (QED) is 0.898. The Morgan fingerprint density at radius 2 is 1.84 bits per heavy atom. The van der Waals surface area contributed by atoms with Gasteiger partial charge in [0.15, 0.2) is 0 Å². The first-order chi connectivity index (χ1) is 12.2. The molecule has 0 saturated carbocycles. The van der Waals surface area contributed by atoms with Gasteiger partial charge >= 0.3 is 5.97 Å². The molecule has 0 radical (unpaired) electrons. The topological polar surface area (TPSA) is 40.5 Å². The van der Waals surface area contributed by atoms with Gasteiger partial charge in [-0.1, -0.05) is 48.6 Å². The molecule has 1 aromatic rings. The van der Waals surface area contributed by atoms with E-state index in [1.807, 2.05) is 0 Å². The number of aryl methyl sites for hydroxylation is 1. The molecule has 3 atom stereocenters. The van der Waals surface area contributed by atoms with E-state index < -0.39 is 5.97 Å². The largest absolute Gasteiger partial charge is 0.481 e. The number of hydrogen-bond donors (Lipinski definition) is 1. The molecular formula is C22H27NO2. The van der Waals surface area contributed by atoms with Crippen LogP contribution in [-0.4, -0.2) is 29.1 Å². The summed E-state index contributed by atoms with van der Waals surface area (Å²) in [7, 11) is 0. The summed E-state index contributed by atoms with van der Waals surface area (Å²) in [5.41, 5.74) is 2.99. The zero-order valence-corrected chi connectivity index (χ0v) is 14.7. The van der Waals surface area contributed by atoms with Crippen molar-refractivity contribution in [3.05, 3.63) is 59.7 Å². The number of piperidine rings is 1. The number of carboxylic acids is 1. The van der Waals surface area contributed by atoms with Crippen LogP contribution in [0, 0.1) is 17.8 Å². The van der Waals surface area contributed by atoms with Crippen molar-refractivity contribution in [2.75, 3.05) is 13.1 Å². The van der Waals surface area contributed by atoms with E-state index in [1.165, 1.54) is 17.5 Å². The highest BCUT2D eigenvalue weighted by molar-refractivity contribution is 5.67. The molecule has 0 bridgehead atoms. The Morgan fingerprint density at radius 1 is 1.08 bits per heavy atom. The van der Waals surface area contributed by atoms with Gasteiger partial charge in [-0.25, -0.2) is 0 Å². The number of carbonyl (C=O) groups is 1. The van der Waals surface area contributed by atoms with Gasteiger partial charge in [0.25, 0.3) is 0 Å². The van der Waals surface area contributed by atoms with Crippen molar-refractivity contribution in [3.8, 4) is 0 Å². The van der Waals surface area contributed by atoms with E-state index in [9.17, 15) is 4.79 Å². The number of nitrogens with zero attached hydrogens (tertiary/aromatic N) is 1. The standard InChI is InChI=1S/C22H27NO2/c24-21(25)15-16-11-13-23(14-12-16)22-19-7-3-1-5-17(19)9-10-18-6-2-4-8-20(18)22/h1-8,16-17,19,22H,9-15H2,(H,24,25). The Bertz CT molecular complexity index is 685. The molecule has 1 aliphatic heterocycles. The van der Waals surface area contributed by atoms with E-state index in [0.29, 0.717) is 30.2 Å². The monoisotopic (exact) mass is 337 g/mol. The fraction of sp³-hybridized carbons (Fsp3) is 0.500. The number of rotatable bonds is 3. The molecule has 0 spiro atoms. The molecule has 1 N–H and O–H groups in total. The Morgan fingerprint density at radius 3 is 2.64 bits per heavy atom. The smallest absolute Gasteiger partial charge is 0.303 e. The lowest BCUT2D eigenvalue weighted by Gasteiger charge is -2.42. The predicted molar refractivity (Wildman–Crippen MR) is 99.3 cm³/mol. The van der Waals surface area contributed by atoms with Crippen LogP contribution in [0.2, 0.25) is 0 Å². The van der Waals surface area contributed by atoms with Crippen molar-refractivity contribution in [2.45, 2.75) is 38.1 Å². The number of hydrogen-bond acceptors (Lipinski definition) is 2. The maximum absolute atomic E-state index is 11.0. The maximum Gasteiger partial charge on any atom is 0.303 e. The van der Waals surface area contributed by atoms with E-state index in [-0.39, 0.29) is 0 Å². The van der Waals surface area contributed by atoms with Gasteiger partial charge in [0.2, 0.25) is 0 Å². The van der Waals surface area contributed by atoms with E-state index in [2.05, 4.69) is 53.5 Å². The van der Waals surface area contributed by atoms with Gasteiger partial charge in [-0.05, 0) is 61.7 Å². The van der Waals surface area contributed by atoms with Crippen molar-refractivity contribution in [2.24, 2.45) is 17.8 Å². The molecule has 1 heterocycles. The fourth-order valence-electron chi connectivity index (χ4n) is 5.00. The minimum atomic E-state index is -0.654. The second kappa shape index (κ2) is 7.17. The number of likely N-dealkylation sites (tertiary alicyclic amines) is 1. The average molecular weight is 337 g/mol. The van der Waals surface area contributed by atoms with Crippen LogP contribution in [0.15, 0.2) is 48.6 Å². The van der Waals surface area contributed by atoms with Gasteiger partial charge in [0.05, 0.1) is 0 Å². The maximum atomic E-state index is 11.0. The first-order valence-electron chi connectivity index (χ1n) is 9.61. The Hall–Kier alpha value is -1.87. The van der Waals surface area contributed by atoms with Crippen LogP contribution in [0.5, 0.6) is 0 Å². The Kier molecular flexibility index (Phi) is 4.76. The number of benzene rings is 1. The Balaban J connectivity index is 1.60. The van der Waals surface area contributed by atoms with Crippen LogP contribution < -0.4 is 0 Å². The van der Waals surface area contributed by atoms with Crippen LogP contribution in [-0.2, 0) is 11.2 Å². The molecule has 0 aromatic heterocycles. The zero-order chi connectivity index (χ0) is 17.2. The number of carboxylic acid groups (broad SMARTS) is 1. The SMILES string of the molecule is O=C(O)CC1CCN(C2c3ccccc3CCC3C=CC=CC32)CC1. The van der Waals surface area contributed by atoms with Gasteiger partial charge in [-0.15, -0.1) is 0 Å². The van der Waals surface area contributed by atoms with Crippen LogP contribution in [0.4, 0.5) is 0 Å². The highest BCUT2D eigenvalue weighted by Gasteiger charge is 2.37. The minimum absolute atomic E-state index is 0.323.